The Balaban J connectivity index is 2.01. The maximum atomic E-state index is 12.0. The minimum atomic E-state index is 0.0858. The van der Waals surface area contributed by atoms with Crippen molar-refractivity contribution in [1.29, 1.82) is 0 Å². The van der Waals surface area contributed by atoms with Crippen LogP contribution in [0.2, 0.25) is 0 Å². The zero-order valence-electron chi connectivity index (χ0n) is 10.9. The average Bonchev–Trinajstić information content (AvgIpc) is 2.60. The van der Waals surface area contributed by atoms with Crippen LogP contribution in [0.25, 0.3) is 0 Å². The van der Waals surface area contributed by atoms with E-state index in [0.717, 1.165) is 13.1 Å². The van der Waals surface area contributed by atoms with Gasteiger partial charge in [0.05, 0.1) is 6.54 Å². The maximum absolute atomic E-state index is 12.0. The van der Waals surface area contributed by atoms with Crippen molar-refractivity contribution in [3.63, 3.8) is 0 Å². The molecule has 0 spiro atoms. The third-order valence-corrected chi connectivity index (χ3v) is 3.50. The van der Waals surface area contributed by atoms with Crippen LogP contribution >= 0.6 is 0 Å². The first-order chi connectivity index (χ1) is 7.97. The van der Waals surface area contributed by atoms with Crippen LogP contribution in [0.15, 0.2) is 30.3 Å². The van der Waals surface area contributed by atoms with Gasteiger partial charge in [0.2, 0.25) is 0 Å². The molecular formula is C15H21NO. The number of hydrogen-bond acceptors (Lipinski definition) is 2. The molecule has 1 aliphatic rings. The summed E-state index contributed by atoms with van der Waals surface area (Å²) >= 11 is 0. The first kappa shape index (κ1) is 12.3. The van der Waals surface area contributed by atoms with Crippen LogP contribution in [0.4, 0.5) is 0 Å². The molecule has 1 fully saturated rings. The summed E-state index contributed by atoms with van der Waals surface area (Å²) in [4.78, 5) is 14.2. The summed E-state index contributed by atoms with van der Waals surface area (Å²) in [5.74, 6) is 0.583. The van der Waals surface area contributed by atoms with E-state index in [4.69, 9.17) is 0 Å². The van der Waals surface area contributed by atoms with Crippen LogP contribution in [0.5, 0.6) is 0 Å². The van der Waals surface area contributed by atoms with Gasteiger partial charge in [-0.2, -0.15) is 0 Å². The minimum absolute atomic E-state index is 0.0858. The lowest BCUT2D eigenvalue weighted by Crippen LogP contribution is -2.28. The zero-order valence-corrected chi connectivity index (χ0v) is 10.9. The first-order valence-electron chi connectivity index (χ1n) is 6.26. The molecule has 1 aliphatic heterocycles. The van der Waals surface area contributed by atoms with E-state index in [1.54, 1.807) is 0 Å². The fourth-order valence-corrected chi connectivity index (χ4v) is 2.47. The second-order valence-electron chi connectivity index (χ2n) is 6.04. The van der Waals surface area contributed by atoms with Crippen LogP contribution in [0, 0.1) is 11.3 Å². The molecule has 0 aromatic heterocycles. The lowest BCUT2D eigenvalue weighted by Gasteiger charge is -2.25. The molecule has 0 radical (unpaired) electrons. The number of likely N-dealkylation sites (tertiary alicyclic amines) is 1. The van der Waals surface area contributed by atoms with E-state index in [9.17, 15) is 4.79 Å². The number of carbonyl (C=O) groups excluding carboxylic acids is 1. The van der Waals surface area contributed by atoms with Crippen molar-refractivity contribution in [2.45, 2.75) is 27.3 Å². The highest BCUT2D eigenvalue weighted by Crippen LogP contribution is 2.31. The molecule has 2 heteroatoms. The van der Waals surface area contributed by atoms with E-state index in [0.29, 0.717) is 12.3 Å². The van der Waals surface area contributed by atoms with Crippen LogP contribution < -0.4 is 0 Å². The molecule has 1 heterocycles. The topological polar surface area (TPSA) is 20.3 Å². The van der Waals surface area contributed by atoms with E-state index >= 15 is 0 Å². The molecule has 0 saturated carbocycles. The molecule has 0 bridgehead atoms. The smallest absolute Gasteiger partial charge is 0.151 e. The Morgan fingerprint density at radius 1 is 1.24 bits per heavy atom. The van der Waals surface area contributed by atoms with E-state index < -0.39 is 0 Å². The van der Waals surface area contributed by atoms with Crippen molar-refractivity contribution < 1.29 is 4.79 Å². The Morgan fingerprint density at radius 2 is 1.88 bits per heavy atom. The Bertz CT molecular complexity index is 391. The molecule has 0 aliphatic carbocycles. The van der Waals surface area contributed by atoms with Crippen LogP contribution in [-0.4, -0.2) is 23.8 Å². The van der Waals surface area contributed by atoms with Gasteiger partial charge < -0.3 is 0 Å². The molecule has 2 rings (SSSR count). The van der Waals surface area contributed by atoms with Gasteiger partial charge in [0.1, 0.15) is 0 Å². The van der Waals surface area contributed by atoms with Crippen molar-refractivity contribution in [2.75, 3.05) is 13.1 Å². The molecule has 1 aromatic carbocycles. The van der Waals surface area contributed by atoms with Crippen LogP contribution in [0.1, 0.15) is 26.3 Å². The van der Waals surface area contributed by atoms with Crippen LogP contribution in [0.3, 0.4) is 0 Å². The van der Waals surface area contributed by atoms with Crippen molar-refractivity contribution >= 4 is 5.78 Å². The highest BCUT2D eigenvalue weighted by atomic mass is 16.1. The van der Waals surface area contributed by atoms with Gasteiger partial charge in [-0.25, -0.2) is 0 Å². The van der Waals surface area contributed by atoms with E-state index in [-0.39, 0.29) is 11.3 Å². The van der Waals surface area contributed by atoms with Gasteiger partial charge in [-0.15, -0.1) is 0 Å². The minimum Gasteiger partial charge on any atom is -0.298 e. The second-order valence-corrected chi connectivity index (χ2v) is 6.04. The van der Waals surface area contributed by atoms with Crippen LogP contribution in [-0.2, 0) is 11.3 Å². The Morgan fingerprint density at radius 3 is 2.41 bits per heavy atom. The number of carbonyl (C=O) groups is 1. The lowest BCUT2D eigenvalue weighted by atomic mass is 9.80. The van der Waals surface area contributed by atoms with Gasteiger partial charge in [-0.1, -0.05) is 51.1 Å². The summed E-state index contributed by atoms with van der Waals surface area (Å²) in [5.41, 5.74) is 1.37. The van der Waals surface area contributed by atoms with Gasteiger partial charge in [0.15, 0.2) is 5.78 Å². The molecule has 1 atom stereocenters. The molecule has 1 unspecified atom stereocenters. The average molecular weight is 231 g/mol. The molecule has 0 amide bonds. The lowest BCUT2D eigenvalue weighted by molar-refractivity contribution is -0.122. The number of benzene rings is 1. The molecular weight excluding hydrogens is 210 g/mol. The van der Waals surface area contributed by atoms with Gasteiger partial charge in [0.25, 0.3) is 0 Å². The normalized spacial score (nSPS) is 22.1. The third kappa shape index (κ3) is 2.95. The fourth-order valence-electron chi connectivity index (χ4n) is 2.47. The molecule has 0 N–H and O–H groups in total. The monoisotopic (exact) mass is 231 g/mol. The molecule has 1 saturated heterocycles. The van der Waals surface area contributed by atoms with Gasteiger partial charge in [-0.05, 0) is 11.0 Å². The summed E-state index contributed by atoms with van der Waals surface area (Å²) in [6.07, 6.45) is 0. The molecule has 17 heavy (non-hydrogen) atoms. The SMILES string of the molecule is CC(C)(C)C1CN(Cc2ccccc2)CC1=O. The quantitative estimate of drug-likeness (QED) is 0.780. The van der Waals surface area contributed by atoms with Gasteiger partial charge >= 0.3 is 0 Å². The highest BCUT2D eigenvalue weighted by molar-refractivity contribution is 5.85. The van der Waals surface area contributed by atoms with Crippen molar-refractivity contribution in [1.82, 2.24) is 4.90 Å². The second kappa shape index (κ2) is 4.61. The summed E-state index contributed by atoms with van der Waals surface area (Å²) in [6, 6.07) is 10.4. The number of hydrogen-bond donors (Lipinski definition) is 0. The summed E-state index contributed by atoms with van der Waals surface area (Å²) < 4.78 is 0. The van der Waals surface area contributed by atoms with E-state index in [1.165, 1.54) is 5.56 Å². The number of ketones is 1. The van der Waals surface area contributed by atoms with Gasteiger partial charge in [-0.3, -0.25) is 9.69 Å². The number of rotatable bonds is 2. The molecule has 2 nitrogen and oxygen atoms in total. The maximum Gasteiger partial charge on any atom is 0.151 e. The standard InChI is InChI=1S/C15H21NO/c1-15(2,3)13-10-16(11-14(13)17)9-12-7-5-4-6-8-12/h4-8,13H,9-11H2,1-3H3. The Labute approximate surface area is 104 Å². The number of Topliss-reactive ketones (excluding diaryl/α,β-unsaturated/α-hetero) is 1. The summed E-state index contributed by atoms with van der Waals surface area (Å²) in [7, 11) is 0. The number of nitrogens with zero attached hydrogens (tertiary/aromatic N) is 1. The van der Waals surface area contributed by atoms with Crippen molar-refractivity contribution in [3.8, 4) is 0 Å². The van der Waals surface area contributed by atoms with Crippen molar-refractivity contribution in [2.24, 2.45) is 11.3 Å². The first-order valence-corrected chi connectivity index (χ1v) is 6.26. The van der Waals surface area contributed by atoms with E-state index in [2.05, 4.69) is 49.9 Å². The van der Waals surface area contributed by atoms with Gasteiger partial charge in [0, 0.05) is 19.0 Å². The fraction of sp³-hybridized carbons (Fsp3) is 0.533. The largest absolute Gasteiger partial charge is 0.298 e. The predicted molar refractivity (Wildman–Crippen MR) is 69.7 cm³/mol. The highest BCUT2D eigenvalue weighted by Gasteiger charge is 2.38. The predicted octanol–water partition coefficient (Wildman–Crippen LogP) is 2.73. The summed E-state index contributed by atoms with van der Waals surface area (Å²) in [6.45, 7) is 8.86. The molecule has 92 valence electrons. The molecule has 1 aromatic rings. The summed E-state index contributed by atoms with van der Waals surface area (Å²) in [5, 5.41) is 0. The van der Waals surface area contributed by atoms with E-state index in [1.807, 2.05) is 6.07 Å². The zero-order chi connectivity index (χ0) is 12.5. The Hall–Kier alpha value is -1.15. The Kier molecular flexibility index (Phi) is 3.34. The third-order valence-electron chi connectivity index (χ3n) is 3.50. The van der Waals surface area contributed by atoms with Crippen molar-refractivity contribution in [3.05, 3.63) is 35.9 Å².